The summed E-state index contributed by atoms with van der Waals surface area (Å²) in [5.74, 6) is 1.05. The molecule has 24 heavy (non-hydrogen) atoms. The molecular formula is C18H22ClNO4. The minimum Gasteiger partial charge on any atom is -0.486 e. The van der Waals surface area contributed by atoms with Gasteiger partial charge in [0.05, 0.1) is 5.02 Å². The second-order valence-electron chi connectivity index (χ2n) is 6.98. The van der Waals surface area contributed by atoms with Gasteiger partial charge in [-0.2, -0.15) is 0 Å². The number of ether oxygens (including phenoxy) is 2. The van der Waals surface area contributed by atoms with Gasteiger partial charge in [-0.15, -0.1) is 0 Å². The molecule has 2 aliphatic heterocycles. The molecule has 4 rings (SSSR count). The van der Waals surface area contributed by atoms with Crippen molar-refractivity contribution in [2.45, 2.75) is 50.7 Å². The van der Waals surface area contributed by atoms with Crippen LogP contribution in [0.1, 0.15) is 37.7 Å². The van der Waals surface area contributed by atoms with E-state index in [4.69, 9.17) is 21.1 Å². The molecule has 0 amide bonds. The smallest absolute Gasteiger partial charge is 0.320 e. The van der Waals surface area contributed by atoms with Crippen molar-refractivity contribution in [2.24, 2.45) is 5.92 Å². The highest BCUT2D eigenvalue weighted by Gasteiger charge is 2.45. The average molecular weight is 352 g/mol. The molecular weight excluding hydrogens is 330 g/mol. The maximum absolute atomic E-state index is 11.7. The molecule has 3 aliphatic rings. The zero-order valence-corrected chi connectivity index (χ0v) is 14.3. The van der Waals surface area contributed by atoms with Crippen molar-refractivity contribution >= 4 is 17.6 Å². The Hall–Kier alpha value is -1.46. The Morgan fingerprint density at radius 2 is 2.04 bits per heavy atom. The van der Waals surface area contributed by atoms with E-state index in [0.29, 0.717) is 48.2 Å². The van der Waals surface area contributed by atoms with E-state index < -0.39 is 12.0 Å². The molecule has 5 nitrogen and oxygen atoms in total. The van der Waals surface area contributed by atoms with E-state index in [1.165, 1.54) is 12.8 Å². The van der Waals surface area contributed by atoms with E-state index in [2.05, 4.69) is 4.90 Å². The molecule has 1 saturated carbocycles. The van der Waals surface area contributed by atoms with Crippen LogP contribution in [0.2, 0.25) is 5.02 Å². The zero-order valence-electron chi connectivity index (χ0n) is 13.5. The Labute approximate surface area is 146 Å². The number of aliphatic carboxylic acids is 1. The van der Waals surface area contributed by atoms with Crippen LogP contribution in [0.3, 0.4) is 0 Å². The Bertz CT molecular complexity index is 650. The molecule has 1 N–H and O–H groups in total. The topological polar surface area (TPSA) is 59.0 Å². The maximum atomic E-state index is 11.7. The van der Waals surface area contributed by atoms with E-state index in [9.17, 15) is 9.90 Å². The Morgan fingerprint density at radius 1 is 1.25 bits per heavy atom. The van der Waals surface area contributed by atoms with Crippen LogP contribution in [0, 0.1) is 5.92 Å². The summed E-state index contributed by atoms with van der Waals surface area (Å²) in [6, 6.07) is 3.79. The van der Waals surface area contributed by atoms with Crippen LogP contribution in [0.4, 0.5) is 0 Å². The second kappa shape index (κ2) is 6.45. The van der Waals surface area contributed by atoms with Crippen LogP contribution in [0.25, 0.3) is 0 Å². The highest BCUT2D eigenvalue weighted by Crippen LogP contribution is 2.42. The lowest BCUT2D eigenvalue weighted by molar-refractivity contribution is -0.142. The predicted octanol–water partition coefficient (Wildman–Crippen LogP) is 3.33. The molecule has 3 atom stereocenters. The lowest BCUT2D eigenvalue weighted by atomic mass is 9.84. The van der Waals surface area contributed by atoms with Crippen molar-refractivity contribution in [3.05, 3.63) is 22.7 Å². The van der Waals surface area contributed by atoms with Crippen LogP contribution < -0.4 is 9.47 Å². The summed E-state index contributed by atoms with van der Waals surface area (Å²) >= 11 is 6.33. The van der Waals surface area contributed by atoms with Crippen molar-refractivity contribution < 1.29 is 19.4 Å². The number of nitrogens with zero attached hydrogens (tertiary/aromatic N) is 1. The van der Waals surface area contributed by atoms with Crippen LogP contribution in [0.15, 0.2) is 12.1 Å². The summed E-state index contributed by atoms with van der Waals surface area (Å²) in [4.78, 5) is 13.9. The Kier molecular flexibility index (Phi) is 4.31. The molecule has 1 aromatic carbocycles. The van der Waals surface area contributed by atoms with Gasteiger partial charge in [0.2, 0.25) is 0 Å². The first-order chi connectivity index (χ1) is 11.6. The first-order valence-corrected chi connectivity index (χ1v) is 9.08. The molecule has 0 unspecified atom stereocenters. The molecule has 1 aromatic rings. The van der Waals surface area contributed by atoms with Gasteiger partial charge in [0.25, 0.3) is 0 Å². The molecule has 2 fully saturated rings. The molecule has 130 valence electrons. The van der Waals surface area contributed by atoms with E-state index in [-0.39, 0.29) is 0 Å². The van der Waals surface area contributed by atoms with Gasteiger partial charge in [0, 0.05) is 12.6 Å². The first kappa shape index (κ1) is 16.0. The Balaban J connectivity index is 1.60. The number of rotatable bonds is 3. The average Bonchev–Trinajstić information content (AvgIpc) is 2.94. The molecule has 0 aromatic heterocycles. The van der Waals surface area contributed by atoms with Gasteiger partial charge in [-0.3, -0.25) is 9.69 Å². The minimum atomic E-state index is -0.715. The van der Waals surface area contributed by atoms with Crippen LogP contribution in [0.5, 0.6) is 11.5 Å². The number of benzene rings is 1. The molecule has 6 heteroatoms. The van der Waals surface area contributed by atoms with Crippen molar-refractivity contribution in [1.82, 2.24) is 4.90 Å². The zero-order chi connectivity index (χ0) is 16.7. The van der Waals surface area contributed by atoms with Crippen LogP contribution >= 0.6 is 11.6 Å². The monoisotopic (exact) mass is 351 g/mol. The number of likely N-dealkylation sites (tertiary alicyclic amines) is 1. The number of carbonyl (C=O) groups is 1. The summed E-state index contributed by atoms with van der Waals surface area (Å²) in [5.41, 5.74) is 0.988. The number of hydrogen-bond donors (Lipinski definition) is 1. The third-order valence-electron chi connectivity index (χ3n) is 5.53. The van der Waals surface area contributed by atoms with Gasteiger partial charge in [0.15, 0.2) is 11.5 Å². The van der Waals surface area contributed by atoms with Gasteiger partial charge in [0.1, 0.15) is 19.3 Å². The number of halogens is 1. The number of hydrogen-bond acceptors (Lipinski definition) is 4. The van der Waals surface area contributed by atoms with Crippen molar-refractivity contribution in [3.63, 3.8) is 0 Å². The summed E-state index contributed by atoms with van der Waals surface area (Å²) in [5, 5.41) is 10.2. The van der Waals surface area contributed by atoms with Gasteiger partial charge in [-0.05, 0) is 42.9 Å². The van der Waals surface area contributed by atoms with E-state index in [1.54, 1.807) is 0 Å². The summed E-state index contributed by atoms with van der Waals surface area (Å²) in [6.45, 7) is 1.61. The fraction of sp³-hybridized carbons (Fsp3) is 0.611. The third-order valence-corrected chi connectivity index (χ3v) is 5.81. The van der Waals surface area contributed by atoms with Crippen molar-refractivity contribution in [3.8, 4) is 11.5 Å². The van der Waals surface area contributed by atoms with Gasteiger partial charge in [-0.25, -0.2) is 0 Å². The largest absolute Gasteiger partial charge is 0.486 e. The second-order valence-corrected chi connectivity index (χ2v) is 7.38. The van der Waals surface area contributed by atoms with Crippen molar-refractivity contribution in [1.29, 1.82) is 0 Å². The SMILES string of the molecule is O=C(O)[C@@H]1C[C@H]2CCCC[C@H]2N1Cc1cc(Cl)c2c(c1)OCCO2. The molecule has 0 bridgehead atoms. The molecule has 0 radical (unpaired) electrons. The lowest BCUT2D eigenvalue weighted by Gasteiger charge is -2.33. The quantitative estimate of drug-likeness (QED) is 0.905. The number of carboxylic acid groups (broad SMARTS) is 1. The fourth-order valence-corrected chi connectivity index (χ4v) is 4.78. The number of fused-ring (bicyclic) bond motifs is 2. The molecule has 2 heterocycles. The van der Waals surface area contributed by atoms with E-state index >= 15 is 0 Å². The standard InChI is InChI=1S/C18H22ClNO4/c19-13-7-11(8-16-17(13)24-6-5-23-16)10-20-14-4-2-1-3-12(14)9-15(20)18(21)22/h7-8,12,14-15H,1-6,9-10H2,(H,21,22)/t12-,14-,15+/m1/s1. The van der Waals surface area contributed by atoms with E-state index in [1.807, 2.05) is 12.1 Å². The third kappa shape index (κ3) is 2.84. The van der Waals surface area contributed by atoms with Crippen LogP contribution in [-0.4, -0.2) is 41.3 Å². The maximum Gasteiger partial charge on any atom is 0.320 e. The first-order valence-electron chi connectivity index (χ1n) is 8.70. The summed E-state index contributed by atoms with van der Waals surface area (Å²) in [6.07, 6.45) is 5.40. The minimum absolute atomic E-state index is 0.367. The fourth-order valence-electron chi connectivity index (χ4n) is 4.49. The van der Waals surface area contributed by atoms with Crippen LogP contribution in [-0.2, 0) is 11.3 Å². The van der Waals surface area contributed by atoms with Gasteiger partial charge in [-0.1, -0.05) is 24.4 Å². The molecule has 1 aliphatic carbocycles. The van der Waals surface area contributed by atoms with Crippen molar-refractivity contribution in [2.75, 3.05) is 13.2 Å². The highest BCUT2D eigenvalue weighted by molar-refractivity contribution is 6.32. The van der Waals surface area contributed by atoms with E-state index in [0.717, 1.165) is 24.8 Å². The summed E-state index contributed by atoms with van der Waals surface area (Å²) < 4.78 is 11.2. The normalized spacial score (nSPS) is 29.3. The van der Waals surface area contributed by atoms with Gasteiger partial charge >= 0.3 is 5.97 Å². The highest BCUT2D eigenvalue weighted by atomic mass is 35.5. The molecule has 1 saturated heterocycles. The Morgan fingerprint density at radius 3 is 2.88 bits per heavy atom. The predicted molar refractivity (Wildman–Crippen MR) is 89.8 cm³/mol. The number of carboxylic acids is 1. The lowest BCUT2D eigenvalue weighted by Crippen LogP contribution is -2.41. The van der Waals surface area contributed by atoms with Gasteiger partial charge < -0.3 is 14.6 Å². The molecule has 0 spiro atoms. The summed E-state index contributed by atoms with van der Waals surface area (Å²) in [7, 11) is 0.